The molecule has 0 radical (unpaired) electrons. The average Bonchev–Trinajstić information content (AvgIpc) is 2.67. The Kier molecular flexibility index (Phi) is 7.07. The maximum atomic E-state index is 12.6. The van der Waals surface area contributed by atoms with E-state index in [0.29, 0.717) is 24.5 Å². The van der Waals surface area contributed by atoms with E-state index in [4.69, 9.17) is 0 Å². The molecule has 0 aromatic heterocycles. The lowest BCUT2D eigenvalue weighted by Gasteiger charge is -2.18. The molecule has 0 atom stereocenters. The van der Waals surface area contributed by atoms with Crippen molar-refractivity contribution in [3.05, 3.63) is 58.6 Å². The van der Waals surface area contributed by atoms with Gasteiger partial charge in [0.2, 0.25) is 15.9 Å². The molecular formula is C18H22N4O5S. The standard InChI is InChI=1S/C18H22N4O5S/c1-3-21(4-2)28(26,27)17-7-5-6-15(12-17)20-18(23)13-19-14-8-10-16(11-9-14)22(24)25/h5-12,19H,3-4,13H2,1-2H3,(H,20,23). The van der Waals surface area contributed by atoms with Crippen LogP contribution in [0.3, 0.4) is 0 Å². The summed E-state index contributed by atoms with van der Waals surface area (Å²) in [5.74, 6) is -0.379. The Morgan fingerprint density at radius 1 is 1.07 bits per heavy atom. The van der Waals surface area contributed by atoms with Crippen molar-refractivity contribution in [2.75, 3.05) is 30.3 Å². The fourth-order valence-corrected chi connectivity index (χ4v) is 4.04. The molecule has 2 aromatic carbocycles. The minimum Gasteiger partial charge on any atom is -0.376 e. The van der Waals surface area contributed by atoms with Crippen LogP contribution in [0.25, 0.3) is 0 Å². The molecule has 0 spiro atoms. The molecule has 150 valence electrons. The van der Waals surface area contributed by atoms with E-state index in [2.05, 4.69) is 10.6 Å². The van der Waals surface area contributed by atoms with Gasteiger partial charge in [0.15, 0.2) is 0 Å². The molecule has 0 aliphatic rings. The molecule has 0 aliphatic carbocycles. The molecule has 0 unspecified atom stereocenters. The third-order valence-corrected chi connectivity index (χ3v) is 6.04. The summed E-state index contributed by atoms with van der Waals surface area (Å²) in [6, 6.07) is 11.7. The van der Waals surface area contributed by atoms with Crippen molar-refractivity contribution in [3.8, 4) is 0 Å². The second kappa shape index (κ2) is 9.29. The molecule has 2 aromatic rings. The summed E-state index contributed by atoms with van der Waals surface area (Å²) >= 11 is 0. The van der Waals surface area contributed by atoms with Crippen molar-refractivity contribution in [3.63, 3.8) is 0 Å². The number of sulfonamides is 1. The number of nitrogens with zero attached hydrogens (tertiary/aromatic N) is 2. The third-order valence-electron chi connectivity index (χ3n) is 3.99. The predicted molar refractivity (Wildman–Crippen MR) is 107 cm³/mol. The van der Waals surface area contributed by atoms with Gasteiger partial charge >= 0.3 is 0 Å². The highest BCUT2D eigenvalue weighted by molar-refractivity contribution is 7.89. The zero-order chi connectivity index (χ0) is 20.7. The zero-order valence-electron chi connectivity index (χ0n) is 15.6. The van der Waals surface area contributed by atoms with Gasteiger partial charge in [-0.05, 0) is 30.3 Å². The van der Waals surface area contributed by atoms with Crippen LogP contribution in [0.1, 0.15) is 13.8 Å². The van der Waals surface area contributed by atoms with Gasteiger partial charge in [-0.3, -0.25) is 14.9 Å². The quantitative estimate of drug-likeness (QED) is 0.488. The van der Waals surface area contributed by atoms with Gasteiger partial charge < -0.3 is 10.6 Å². The van der Waals surface area contributed by atoms with E-state index in [1.165, 1.54) is 40.7 Å². The molecule has 0 bridgehead atoms. The Hall–Kier alpha value is -2.98. The van der Waals surface area contributed by atoms with E-state index in [1.54, 1.807) is 26.0 Å². The molecule has 2 rings (SSSR count). The summed E-state index contributed by atoms with van der Waals surface area (Å²) in [6.07, 6.45) is 0. The molecule has 28 heavy (non-hydrogen) atoms. The van der Waals surface area contributed by atoms with E-state index in [9.17, 15) is 23.3 Å². The number of hydrogen-bond acceptors (Lipinski definition) is 6. The Bertz CT molecular complexity index is 941. The van der Waals surface area contributed by atoms with Gasteiger partial charge in [0.25, 0.3) is 5.69 Å². The molecule has 0 saturated heterocycles. The zero-order valence-corrected chi connectivity index (χ0v) is 16.4. The maximum Gasteiger partial charge on any atom is 0.269 e. The molecule has 0 aliphatic heterocycles. The number of hydrogen-bond donors (Lipinski definition) is 2. The number of amides is 1. The number of carbonyl (C=O) groups excluding carboxylic acids is 1. The van der Waals surface area contributed by atoms with Crippen LogP contribution >= 0.6 is 0 Å². The lowest BCUT2D eigenvalue weighted by molar-refractivity contribution is -0.384. The van der Waals surface area contributed by atoms with Gasteiger partial charge in [-0.1, -0.05) is 19.9 Å². The van der Waals surface area contributed by atoms with Crippen molar-refractivity contribution < 1.29 is 18.1 Å². The van der Waals surface area contributed by atoms with E-state index < -0.39 is 14.9 Å². The lowest BCUT2D eigenvalue weighted by Crippen LogP contribution is -2.30. The number of benzene rings is 2. The van der Waals surface area contributed by atoms with Gasteiger partial charge in [-0.15, -0.1) is 0 Å². The van der Waals surface area contributed by atoms with Gasteiger partial charge in [-0.2, -0.15) is 4.31 Å². The van der Waals surface area contributed by atoms with Crippen molar-refractivity contribution >= 4 is 33.0 Å². The summed E-state index contributed by atoms with van der Waals surface area (Å²) in [6.45, 7) is 4.15. The number of nitro groups is 1. The molecule has 2 N–H and O–H groups in total. The fraction of sp³-hybridized carbons (Fsp3) is 0.278. The highest BCUT2D eigenvalue weighted by atomic mass is 32.2. The Morgan fingerprint density at radius 3 is 2.29 bits per heavy atom. The van der Waals surface area contributed by atoms with Crippen LogP contribution in [0.4, 0.5) is 17.1 Å². The number of carbonyl (C=O) groups is 1. The lowest BCUT2D eigenvalue weighted by atomic mass is 10.3. The first-order valence-electron chi connectivity index (χ1n) is 8.66. The maximum absolute atomic E-state index is 12.6. The second-order valence-electron chi connectivity index (χ2n) is 5.82. The minimum atomic E-state index is -3.61. The summed E-state index contributed by atoms with van der Waals surface area (Å²) in [5, 5.41) is 16.1. The highest BCUT2D eigenvalue weighted by Crippen LogP contribution is 2.20. The number of anilines is 2. The summed E-state index contributed by atoms with van der Waals surface area (Å²) in [7, 11) is -3.61. The predicted octanol–water partition coefficient (Wildman–Crippen LogP) is 2.68. The van der Waals surface area contributed by atoms with Gasteiger partial charge in [0.1, 0.15) is 0 Å². The second-order valence-corrected chi connectivity index (χ2v) is 7.76. The summed E-state index contributed by atoms with van der Waals surface area (Å²) < 4.78 is 26.5. The smallest absolute Gasteiger partial charge is 0.269 e. The number of non-ortho nitro benzene ring substituents is 1. The molecule has 1 amide bonds. The van der Waals surface area contributed by atoms with Crippen molar-refractivity contribution in [2.45, 2.75) is 18.7 Å². The first kappa shape index (κ1) is 21.3. The average molecular weight is 406 g/mol. The van der Waals surface area contributed by atoms with Crippen LogP contribution in [-0.4, -0.2) is 43.2 Å². The van der Waals surface area contributed by atoms with Crippen LogP contribution in [0.2, 0.25) is 0 Å². The SMILES string of the molecule is CCN(CC)S(=O)(=O)c1cccc(NC(=O)CNc2ccc([N+](=O)[O-])cc2)c1. The van der Waals surface area contributed by atoms with Crippen molar-refractivity contribution in [1.29, 1.82) is 0 Å². The molecular weight excluding hydrogens is 384 g/mol. The van der Waals surface area contributed by atoms with E-state index in [-0.39, 0.29) is 23.0 Å². The van der Waals surface area contributed by atoms with Crippen molar-refractivity contribution in [1.82, 2.24) is 4.31 Å². The first-order valence-corrected chi connectivity index (χ1v) is 10.1. The van der Waals surface area contributed by atoms with Crippen LogP contribution in [0, 0.1) is 10.1 Å². The van der Waals surface area contributed by atoms with E-state index in [1.807, 2.05) is 0 Å². The van der Waals surface area contributed by atoms with Crippen molar-refractivity contribution in [2.24, 2.45) is 0 Å². The molecule has 9 nitrogen and oxygen atoms in total. The van der Waals surface area contributed by atoms with Gasteiger partial charge in [0.05, 0.1) is 16.4 Å². The fourth-order valence-electron chi connectivity index (χ4n) is 2.54. The van der Waals surface area contributed by atoms with Crippen LogP contribution in [0.5, 0.6) is 0 Å². The highest BCUT2D eigenvalue weighted by Gasteiger charge is 2.21. The molecule has 0 saturated carbocycles. The molecule has 0 fully saturated rings. The normalized spacial score (nSPS) is 11.2. The summed E-state index contributed by atoms with van der Waals surface area (Å²) in [4.78, 5) is 22.4. The van der Waals surface area contributed by atoms with Crippen LogP contribution in [0.15, 0.2) is 53.4 Å². The van der Waals surface area contributed by atoms with Crippen LogP contribution < -0.4 is 10.6 Å². The molecule has 0 heterocycles. The van der Waals surface area contributed by atoms with E-state index in [0.717, 1.165) is 0 Å². The van der Waals surface area contributed by atoms with E-state index >= 15 is 0 Å². The van der Waals surface area contributed by atoms with Crippen LogP contribution in [-0.2, 0) is 14.8 Å². The Morgan fingerprint density at radius 2 is 1.71 bits per heavy atom. The Labute approximate surface area is 163 Å². The molecule has 10 heteroatoms. The number of nitrogens with one attached hydrogen (secondary N) is 2. The monoisotopic (exact) mass is 406 g/mol. The first-order chi connectivity index (χ1) is 13.3. The van der Waals surface area contributed by atoms with Gasteiger partial charge in [-0.25, -0.2) is 8.42 Å². The Balaban J connectivity index is 2.01. The van der Waals surface area contributed by atoms with Gasteiger partial charge in [0, 0.05) is 36.6 Å². The largest absolute Gasteiger partial charge is 0.376 e. The number of rotatable bonds is 9. The topological polar surface area (TPSA) is 122 Å². The number of nitro benzene ring substituents is 1. The summed E-state index contributed by atoms with van der Waals surface area (Å²) in [5.41, 5.74) is 0.878. The minimum absolute atomic E-state index is 0.0405. The third kappa shape index (κ3) is 5.27.